The molecule has 2 aromatic heterocycles. The van der Waals surface area contributed by atoms with Gasteiger partial charge in [0.25, 0.3) is 0 Å². The predicted octanol–water partition coefficient (Wildman–Crippen LogP) is 2.80. The predicted molar refractivity (Wildman–Crippen MR) is 132 cm³/mol. The van der Waals surface area contributed by atoms with Gasteiger partial charge in [-0.1, -0.05) is 25.2 Å². The molecule has 204 valence electrons. The summed E-state index contributed by atoms with van der Waals surface area (Å²) in [7, 11) is 0. The third kappa shape index (κ3) is 7.33. The molecular weight excluding hydrogens is 506 g/mol. The van der Waals surface area contributed by atoms with Gasteiger partial charge in [0.2, 0.25) is 6.29 Å². The van der Waals surface area contributed by atoms with Crippen molar-refractivity contribution in [1.82, 2.24) is 14.5 Å². The van der Waals surface area contributed by atoms with Gasteiger partial charge in [-0.3, -0.25) is 23.7 Å². The molecule has 2 aromatic rings. The number of hydrogen-bond acceptors (Lipinski definition) is 12. The van der Waals surface area contributed by atoms with Crippen LogP contribution in [-0.2, 0) is 38.1 Å². The van der Waals surface area contributed by atoms with Crippen LogP contribution in [0.15, 0.2) is 11.0 Å². The fraction of sp³-hybridized carbons (Fsp3) is 0.667. The molecule has 0 aromatic carbocycles. The molecule has 0 amide bonds. The molecule has 0 bridgehead atoms. The van der Waals surface area contributed by atoms with Crippen molar-refractivity contribution >= 4 is 39.6 Å². The summed E-state index contributed by atoms with van der Waals surface area (Å²) in [4.78, 5) is 53.5. The maximum atomic E-state index is 12.4. The second-order valence-corrected chi connectivity index (χ2v) is 9.80. The molecule has 6 atom stereocenters. The van der Waals surface area contributed by atoms with Crippen molar-refractivity contribution in [3.63, 3.8) is 0 Å². The topological polar surface area (TPSA) is 145 Å². The summed E-state index contributed by atoms with van der Waals surface area (Å²) in [6, 6.07) is 0. The van der Waals surface area contributed by atoms with Gasteiger partial charge in [-0.15, -0.1) is 0 Å². The van der Waals surface area contributed by atoms with Crippen LogP contribution in [0.2, 0.25) is 0 Å². The molecule has 12 nitrogen and oxygen atoms in total. The van der Waals surface area contributed by atoms with Crippen LogP contribution in [0.4, 0.5) is 0 Å². The van der Waals surface area contributed by atoms with Gasteiger partial charge in [-0.2, -0.15) is 0 Å². The van der Waals surface area contributed by atoms with Gasteiger partial charge in [0.1, 0.15) is 11.9 Å². The largest absolute Gasteiger partial charge is 0.458 e. The number of nitrogens with zero attached hydrogens (tertiary/aromatic N) is 3. The van der Waals surface area contributed by atoms with Crippen LogP contribution in [0.3, 0.4) is 0 Å². The molecular formula is C24H33N3O9S. The molecule has 0 N–H and O–H groups in total. The summed E-state index contributed by atoms with van der Waals surface area (Å²) >= 11 is 1.07. The van der Waals surface area contributed by atoms with Crippen LogP contribution in [0.1, 0.15) is 72.4 Å². The maximum absolute atomic E-state index is 12.4. The highest BCUT2D eigenvalue weighted by atomic mass is 32.1. The number of aromatic nitrogens is 3. The fourth-order valence-electron chi connectivity index (χ4n) is 4.22. The van der Waals surface area contributed by atoms with E-state index in [2.05, 4.69) is 9.97 Å². The standard InChI is InChI=1S/C14H17N3O4S.C10H16O5/c1-4-9-5-10(20-8(3)18)13(21-9)17-12-11(22-14(17)19)6-15-7(2)16-12;1-4-8-5-9(13-6(2)11)10(15-8)14-7(3)12/h6,9-10,13H,4-5H2,1-3H3;8-10H,4-5H2,1-3H3/t9-,10-,13?;8-,9-,10?/m11/s1. The molecule has 0 spiro atoms. The average molecular weight is 540 g/mol. The molecule has 2 unspecified atom stereocenters. The lowest BCUT2D eigenvalue weighted by atomic mass is 10.1. The Kier molecular flexibility index (Phi) is 9.74. The van der Waals surface area contributed by atoms with Crippen molar-refractivity contribution in [3.8, 4) is 0 Å². The number of rotatable bonds is 6. The van der Waals surface area contributed by atoms with Gasteiger partial charge in [0, 0.05) is 33.6 Å². The number of aryl methyl sites for hydroxylation is 1. The first kappa shape index (κ1) is 28.7. The summed E-state index contributed by atoms with van der Waals surface area (Å²) in [5.41, 5.74) is 0.529. The Morgan fingerprint density at radius 2 is 1.54 bits per heavy atom. The molecule has 0 radical (unpaired) electrons. The molecule has 2 aliphatic rings. The first-order chi connectivity index (χ1) is 17.5. The Morgan fingerprint density at radius 1 is 0.973 bits per heavy atom. The van der Waals surface area contributed by atoms with E-state index in [-0.39, 0.29) is 23.1 Å². The van der Waals surface area contributed by atoms with E-state index in [1.165, 1.54) is 25.3 Å². The van der Waals surface area contributed by atoms with E-state index in [1.807, 2.05) is 13.8 Å². The van der Waals surface area contributed by atoms with Crippen molar-refractivity contribution in [1.29, 1.82) is 0 Å². The van der Waals surface area contributed by atoms with Gasteiger partial charge in [0.15, 0.2) is 18.0 Å². The maximum Gasteiger partial charge on any atom is 0.311 e. The van der Waals surface area contributed by atoms with Crippen LogP contribution < -0.4 is 4.87 Å². The lowest BCUT2D eigenvalue weighted by molar-refractivity contribution is -0.194. The van der Waals surface area contributed by atoms with Gasteiger partial charge in [-0.05, 0) is 19.8 Å². The van der Waals surface area contributed by atoms with Crippen molar-refractivity contribution in [2.24, 2.45) is 0 Å². The van der Waals surface area contributed by atoms with E-state index >= 15 is 0 Å². The molecule has 4 rings (SSSR count). The van der Waals surface area contributed by atoms with Crippen LogP contribution in [0, 0.1) is 6.92 Å². The Hall–Kier alpha value is -2.90. The first-order valence-corrected chi connectivity index (χ1v) is 13.0. The molecule has 2 aliphatic heterocycles. The molecule has 37 heavy (non-hydrogen) atoms. The van der Waals surface area contributed by atoms with E-state index < -0.39 is 36.7 Å². The second-order valence-electron chi connectivity index (χ2n) is 8.81. The second kappa shape index (κ2) is 12.6. The number of carbonyl (C=O) groups is 3. The van der Waals surface area contributed by atoms with E-state index in [4.69, 9.17) is 23.7 Å². The van der Waals surface area contributed by atoms with E-state index in [0.29, 0.717) is 29.0 Å². The van der Waals surface area contributed by atoms with Crippen LogP contribution in [0.5, 0.6) is 0 Å². The van der Waals surface area contributed by atoms with Crippen LogP contribution in [-0.4, -0.2) is 63.1 Å². The van der Waals surface area contributed by atoms with Gasteiger partial charge in [-0.25, -0.2) is 9.97 Å². The summed E-state index contributed by atoms with van der Waals surface area (Å²) in [6.07, 6.45) is 1.98. The van der Waals surface area contributed by atoms with Gasteiger partial charge < -0.3 is 23.7 Å². The van der Waals surface area contributed by atoms with E-state index in [1.54, 1.807) is 13.1 Å². The monoisotopic (exact) mass is 539 g/mol. The zero-order valence-corrected chi connectivity index (χ0v) is 22.6. The summed E-state index contributed by atoms with van der Waals surface area (Å²) < 4.78 is 28.8. The normalized spacial score (nSPS) is 26.9. The molecule has 4 heterocycles. The van der Waals surface area contributed by atoms with Crippen LogP contribution >= 0.6 is 11.3 Å². The zero-order valence-electron chi connectivity index (χ0n) is 21.8. The lowest BCUT2D eigenvalue weighted by Crippen LogP contribution is -2.30. The number of fused-ring (bicyclic) bond motifs is 1. The highest BCUT2D eigenvalue weighted by molar-refractivity contribution is 7.16. The van der Waals surface area contributed by atoms with E-state index in [0.717, 1.165) is 24.2 Å². The van der Waals surface area contributed by atoms with E-state index in [9.17, 15) is 19.2 Å². The number of esters is 3. The average Bonchev–Trinajstić information content (AvgIpc) is 3.47. The third-order valence-electron chi connectivity index (χ3n) is 5.83. The molecule has 2 fully saturated rings. The Bertz CT molecular complexity index is 1160. The minimum Gasteiger partial charge on any atom is -0.458 e. The van der Waals surface area contributed by atoms with Crippen molar-refractivity contribution in [3.05, 3.63) is 21.7 Å². The van der Waals surface area contributed by atoms with Crippen LogP contribution in [0.25, 0.3) is 10.3 Å². The minimum atomic E-state index is -0.753. The molecule has 2 saturated heterocycles. The molecule has 0 aliphatic carbocycles. The first-order valence-electron chi connectivity index (χ1n) is 12.2. The molecule has 13 heteroatoms. The SMILES string of the molecule is CC[C@@H]1C[C@@H](OC(C)=O)C(OC(C)=O)O1.CC[C@@H]1C[C@@H](OC(C)=O)C(n2c(=O)sc3cnc(C)nc32)O1. The number of hydrogen-bond donors (Lipinski definition) is 0. The quantitative estimate of drug-likeness (QED) is 0.394. The number of thiazole rings is 1. The highest BCUT2D eigenvalue weighted by Crippen LogP contribution is 2.34. The lowest BCUT2D eigenvalue weighted by Gasteiger charge is -2.19. The van der Waals surface area contributed by atoms with Crippen molar-refractivity contribution in [2.45, 2.75) is 104 Å². The highest BCUT2D eigenvalue weighted by Gasteiger charge is 2.40. The minimum absolute atomic E-state index is 0.0151. The Balaban J connectivity index is 0.000000222. The summed E-state index contributed by atoms with van der Waals surface area (Å²) in [5.74, 6) is -0.631. The number of carbonyl (C=O) groups excluding carboxylic acids is 3. The number of ether oxygens (including phenoxy) is 5. The zero-order chi connectivity index (χ0) is 27.3. The summed E-state index contributed by atoms with van der Waals surface area (Å²) in [6.45, 7) is 9.71. The Morgan fingerprint density at radius 3 is 2.14 bits per heavy atom. The smallest absolute Gasteiger partial charge is 0.311 e. The van der Waals surface area contributed by atoms with Crippen molar-refractivity contribution in [2.75, 3.05) is 0 Å². The molecule has 0 saturated carbocycles. The fourth-order valence-corrected chi connectivity index (χ4v) is 5.04. The Labute approximate surface area is 218 Å². The summed E-state index contributed by atoms with van der Waals surface area (Å²) in [5, 5.41) is 0. The third-order valence-corrected chi connectivity index (χ3v) is 6.71. The van der Waals surface area contributed by atoms with Gasteiger partial charge in [0.05, 0.1) is 23.1 Å². The van der Waals surface area contributed by atoms with Crippen molar-refractivity contribution < 1.29 is 38.1 Å². The van der Waals surface area contributed by atoms with Gasteiger partial charge >= 0.3 is 22.8 Å².